The van der Waals surface area contributed by atoms with Crippen molar-refractivity contribution in [1.29, 1.82) is 0 Å². The van der Waals surface area contributed by atoms with E-state index in [1.54, 1.807) is 16.8 Å². The van der Waals surface area contributed by atoms with E-state index in [1.165, 1.54) is 6.20 Å². The third-order valence-electron chi connectivity index (χ3n) is 6.34. The Morgan fingerprint density at radius 1 is 1.00 bits per heavy atom. The number of para-hydroxylation sites is 2. The van der Waals surface area contributed by atoms with Crippen molar-refractivity contribution >= 4 is 29.0 Å². The molecular formula is C28H33N5O2. The summed E-state index contributed by atoms with van der Waals surface area (Å²) in [5.74, 6) is 0.400. The minimum absolute atomic E-state index is 0.134. The summed E-state index contributed by atoms with van der Waals surface area (Å²) >= 11 is 0. The molecule has 2 heterocycles. The van der Waals surface area contributed by atoms with E-state index in [0.717, 1.165) is 24.9 Å². The number of fused-ring (bicyclic) bond motifs is 2. The lowest BCUT2D eigenvalue weighted by Crippen LogP contribution is -2.48. The van der Waals surface area contributed by atoms with Crippen molar-refractivity contribution in [2.45, 2.75) is 46.1 Å². The van der Waals surface area contributed by atoms with Crippen LogP contribution < -0.4 is 9.80 Å². The van der Waals surface area contributed by atoms with Gasteiger partial charge in [-0.15, -0.1) is 0 Å². The number of hydrogen-bond acceptors (Lipinski definition) is 5. The molecule has 0 spiro atoms. The molecule has 0 atom stereocenters. The van der Waals surface area contributed by atoms with Crippen LogP contribution in [0.2, 0.25) is 0 Å². The lowest BCUT2D eigenvalue weighted by Gasteiger charge is -2.36. The standard InChI is InChI=1S/C28H33N5O2/c1-6-7-17-32(28(2,3)4)19-24(34)33-23-16-12-11-15-22(23)31(5)27(35)21-18-29-25(30-26(21)33)20-13-9-8-10-14-20/h8-16,18H,6-7,17,19H2,1-5H3. The molecule has 1 aliphatic heterocycles. The predicted molar refractivity (Wildman–Crippen MR) is 140 cm³/mol. The first-order valence-electron chi connectivity index (χ1n) is 12.1. The molecule has 4 rings (SSSR count). The maximum absolute atomic E-state index is 14.1. The Hall–Kier alpha value is -3.58. The summed E-state index contributed by atoms with van der Waals surface area (Å²) in [4.78, 5) is 42.1. The summed E-state index contributed by atoms with van der Waals surface area (Å²) in [5.41, 5.74) is 2.22. The summed E-state index contributed by atoms with van der Waals surface area (Å²) in [6.07, 6.45) is 3.58. The van der Waals surface area contributed by atoms with Crippen molar-refractivity contribution in [3.05, 3.63) is 66.4 Å². The van der Waals surface area contributed by atoms with Crippen LogP contribution >= 0.6 is 0 Å². The largest absolute Gasteiger partial charge is 0.309 e. The summed E-state index contributed by atoms with van der Waals surface area (Å²) in [6.45, 7) is 9.52. The highest BCUT2D eigenvalue weighted by Gasteiger charge is 2.35. The Morgan fingerprint density at radius 2 is 1.66 bits per heavy atom. The third kappa shape index (κ3) is 4.95. The number of carbonyl (C=O) groups is 2. The van der Waals surface area contributed by atoms with E-state index in [0.29, 0.717) is 28.6 Å². The molecule has 0 saturated carbocycles. The molecule has 0 radical (unpaired) electrons. The fraction of sp³-hybridized carbons (Fsp3) is 0.357. The summed E-state index contributed by atoms with van der Waals surface area (Å²) in [7, 11) is 1.72. The van der Waals surface area contributed by atoms with Crippen molar-refractivity contribution < 1.29 is 9.59 Å². The van der Waals surface area contributed by atoms with Gasteiger partial charge in [-0.1, -0.05) is 55.8 Å². The monoisotopic (exact) mass is 471 g/mol. The molecule has 0 unspecified atom stereocenters. The molecular weight excluding hydrogens is 438 g/mol. The molecule has 0 N–H and O–H groups in total. The van der Waals surface area contributed by atoms with Crippen LogP contribution in [-0.2, 0) is 4.79 Å². The fourth-order valence-electron chi connectivity index (χ4n) is 4.25. The van der Waals surface area contributed by atoms with Gasteiger partial charge in [-0.05, 0) is 45.9 Å². The maximum atomic E-state index is 14.1. The third-order valence-corrected chi connectivity index (χ3v) is 6.34. The Labute approximate surface area is 207 Å². The first-order valence-corrected chi connectivity index (χ1v) is 12.1. The number of aromatic nitrogens is 2. The topological polar surface area (TPSA) is 69.6 Å². The molecule has 2 amide bonds. The maximum Gasteiger partial charge on any atom is 0.263 e. The number of hydrogen-bond donors (Lipinski definition) is 0. The highest BCUT2D eigenvalue weighted by Crippen LogP contribution is 2.40. The zero-order chi connectivity index (χ0) is 25.2. The fourth-order valence-corrected chi connectivity index (χ4v) is 4.25. The molecule has 1 aliphatic rings. The number of carbonyl (C=O) groups excluding carboxylic acids is 2. The molecule has 7 nitrogen and oxygen atoms in total. The molecule has 1 aromatic heterocycles. The van der Waals surface area contributed by atoms with Gasteiger partial charge in [0.2, 0.25) is 5.91 Å². The summed E-state index contributed by atoms with van der Waals surface area (Å²) in [6, 6.07) is 17.0. The molecule has 0 saturated heterocycles. The number of unbranched alkanes of at least 4 members (excludes halogenated alkanes) is 1. The van der Waals surface area contributed by atoms with Gasteiger partial charge in [0.05, 0.1) is 17.9 Å². The van der Waals surface area contributed by atoms with Gasteiger partial charge in [0, 0.05) is 24.3 Å². The number of nitrogens with zero attached hydrogens (tertiary/aromatic N) is 5. The van der Waals surface area contributed by atoms with Crippen LogP contribution in [0.3, 0.4) is 0 Å². The van der Waals surface area contributed by atoms with E-state index < -0.39 is 0 Å². The molecule has 0 aliphatic carbocycles. The van der Waals surface area contributed by atoms with Crippen molar-refractivity contribution in [1.82, 2.24) is 14.9 Å². The average molecular weight is 472 g/mol. The smallest absolute Gasteiger partial charge is 0.263 e. The second-order valence-corrected chi connectivity index (χ2v) is 9.82. The van der Waals surface area contributed by atoms with Gasteiger partial charge in [0.15, 0.2) is 11.6 Å². The van der Waals surface area contributed by atoms with Crippen LogP contribution in [0.4, 0.5) is 17.2 Å². The molecule has 3 aromatic rings. The van der Waals surface area contributed by atoms with Gasteiger partial charge in [-0.25, -0.2) is 9.97 Å². The predicted octanol–water partition coefficient (Wildman–Crippen LogP) is 5.30. The van der Waals surface area contributed by atoms with Crippen LogP contribution in [0.5, 0.6) is 0 Å². The van der Waals surface area contributed by atoms with Gasteiger partial charge in [-0.2, -0.15) is 0 Å². The van der Waals surface area contributed by atoms with Crippen LogP contribution in [0.15, 0.2) is 60.8 Å². The van der Waals surface area contributed by atoms with Crippen LogP contribution in [0, 0.1) is 0 Å². The Bertz CT molecular complexity index is 1220. The van der Waals surface area contributed by atoms with E-state index in [9.17, 15) is 9.59 Å². The van der Waals surface area contributed by atoms with E-state index in [4.69, 9.17) is 4.98 Å². The summed E-state index contributed by atoms with van der Waals surface area (Å²) < 4.78 is 0. The zero-order valence-corrected chi connectivity index (χ0v) is 21.2. The minimum atomic E-state index is -0.249. The molecule has 0 fully saturated rings. The lowest BCUT2D eigenvalue weighted by molar-refractivity contribution is -0.120. The number of anilines is 3. The van der Waals surface area contributed by atoms with Crippen LogP contribution in [-0.4, -0.2) is 52.4 Å². The number of rotatable bonds is 6. The van der Waals surface area contributed by atoms with Crippen molar-refractivity contribution in [2.24, 2.45) is 0 Å². The SMILES string of the molecule is CCCCN(CC(=O)N1c2ccccc2N(C)C(=O)c2cnc(-c3ccccc3)nc21)C(C)(C)C. The zero-order valence-electron chi connectivity index (χ0n) is 21.2. The average Bonchev–Trinajstić information content (AvgIpc) is 2.94. The quantitative estimate of drug-likeness (QED) is 0.488. The number of amides is 2. The molecule has 7 heteroatoms. The minimum Gasteiger partial charge on any atom is -0.309 e. The van der Waals surface area contributed by atoms with Gasteiger partial charge in [0.1, 0.15) is 5.56 Å². The molecule has 2 aromatic carbocycles. The van der Waals surface area contributed by atoms with Crippen LogP contribution in [0.1, 0.15) is 50.9 Å². The van der Waals surface area contributed by atoms with Crippen molar-refractivity contribution in [2.75, 3.05) is 29.9 Å². The van der Waals surface area contributed by atoms with E-state index in [2.05, 4.69) is 37.6 Å². The van der Waals surface area contributed by atoms with Crippen molar-refractivity contribution in [3.63, 3.8) is 0 Å². The van der Waals surface area contributed by atoms with Crippen molar-refractivity contribution in [3.8, 4) is 11.4 Å². The highest BCUT2D eigenvalue weighted by atomic mass is 16.2. The Kier molecular flexibility index (Phi) is 6.98. The van der Waals surface area contributed by atoms with Gasteiger partial charge in [-0.3, -0.25) is 19.4 Å². The second kappa shape index (κ2) is 9.96. The van der Waals surface area contributed by atoms with Gasteiger partial charge in [0.25, 0.3) is 5.91 Å². The number of benzene rings is 2. The summed E-state index contributed by atoms with van der Waals surface area (Å²) in [5, 5.41) is 0. The molecule has 182 valence electrons. The normalized spacial score (nSPS) is 13.5. The first kappa shape index (κ1) is 24.5. The second-order valence-electron chi connectivity index (χ2n) is 9.82. The Morgan fingerprint density at radius 3 is 2.31 bits per heavy atom. The van der Waals surface area contributed by atoms with E-state index in [-0.39, 0.29) is 23.9 Å². The van der Waals surface area contributed by atoms with E-state index in [1.807, 2.05) is 54.6 Å². The molecule has 0 bridgehead atoms. The Balaban J connectivity index is 1.87. The van der Waals surface area contributed by atoms with Gasteiger partial charge < -0.3 is 4.90 Å². The molecule has 35 heavy (non-hydrogen) atoms. The highest BCUT2D eigenvalue weighted by molar-refractivity contribution is 6.18. The van der Waals surface area contributed by atoms with Gasteiger partial charge >= 0.3 is 0 Å². The lowest BCUT2D eigenvalue weighted by atomic mass is 10.0. The van der Waals surface area contributed by atoms with Crippen LogP contribution in [0.25, 0.3) is 11.4 Å². The first-order chi connectivity index (χ1) is 16.7. The van der Waals surface area contributed by atoms with E-state index >= 15 is 0 Å².